The maximum Gasteiger partial charge on any atom is 0.418 e. The molecule has 2 aromatic carbocycles. The molecule has 0 unspecified atom stereocenters. The Balaban J connectivity index is 1.70. The number of Topliss-reactive ketones (excluding diaryl/α,β-unsaturated/α-hetero) is 1. The summed E-state index contributed by atoms with van der Waals surface area (Å²) < 4.78 is 55.1. The summed E-state index contributed by atoms with van der Waals surface area (Å²) in [7, 11) is 1.96. The van der Waals surface area contributed by atoms with Gasteiger partial charge in [-0.25, -0.2) is 4.39 Å². The molecule has 1 aliphatic rings. The SMILES string of the molecule is CC(=O)c1ccc(SCC(=O)Nc2ccc(N3CCN(C)CC3)cc2C(F)(F)F)c(F)c1. The molecule has 0 aromatic heterocycles. The first kappa shape index (κ1) is 24.1. The van der Waals surface area contributed by atoms with Crippen LogP contribution in [0.15, 0.2) is 41.3 Å². The number of anilines is 2. The summed E-state index contributed by atoms with van der Waals surface area (Å²) in [6.45, 7) is 4.04. The van der Waals surface area contributed by atoms with Crippen molar-refractivity contribution in [3.63, 3.8) is 0 Å². The summed E-state index contributed by atoms with van der Waals surface area (Å²) in [5.41, 5.74) is -0.616. The van der Waals surface area contributed by atoms with Crippen LogP contribution in [0.25, 0.3) is 0 Å². The minimum Gasteiger partial charge on any atom is -0.369 e. The Morgan fingerprint density at radius 2 is 1.75 bits per heavy atom. The molecule has 3 rings (SSSR count). The molecule has 10 heteroatoms. The minimum absolute atomic E-state index is 0.131. The highest BCUT2D eigenvalue weighted by Crippen LogP contribution is 2.37. The first-order valence-electron chi connectivity index (χ1n) is 9.92. The number of halogens is 4. The summed E-state index contributed by atoms with van der Waals surface area (Å²) in [5, 5.41) is 2.29. The van der Waals surface area contributed by atoms with Gasteiger partial charge in [-0.05, 0) is 44.3 Å². The zero-order valence-electron chi connectivity index (χ0n) is 17.6. The van der Waals surface area contributed by atoms with Crippen molar-refractivity contribution in [1.29, 1.82) is 0 Å². The molecule has 0 radical (unpaired) electrons. The number of carbonyl (C=O) groups excluding carboxylic acids is 2. The third kappa shape index (κ3) is 6.01. The summed E-state index contributed by atoms with van der Waals surface area (Å²) in [6.07, 6.45) is -4.65. The number of piperazine rings is 1. The number of ketones is 1. The van der Waals surface area contributed by atoms with Gasteiger partial charge in [0.15, 0.2) is 5.78 Å². The average molecular weight is 470 g/mol. The Labute approximate surface area is 187 Å². The molecule has 5 nitrogen and oxygen atoms in total. The van der Waals surface area contributed by atoms with Gasteiger partial charge in [0.25, 0.3) is 0 Å². The monoisotopic (exact) mass is 469 g/mol. The standard InChI is InChI=1S/C22H23F4N3O2S/c1-14(30)15-3-6-20(18(23)11-15)32-13-21(31)27-19-5-4-16(12-17(19)22(24,25)26)29-9-7-28(2)8-10-29/h3-6,11-12H,7-10,13H2,1-2H3,(H,27,31). The number of thioether (sulfide) groups is 1. The van der Waals surface area contributed by atoms with E-state index in [1.807, 2.05) is 11.9 Å². The molecular formula is C22H23F4N3O2S. The first-order chi connectivity index (χ1) is 15.0. The maximum atomic E-state index is 14.1. The van der Waals surface area contributed by atoms with E-state index in [1.54, 1.807) is 6.07 Å². The smallest absolute Gasteiger partial charge is 0.369 e. The van der Waals surface area contributed by atoms with Crippen LogP contribution < -0.4 is 10.2 Å². The number of nitrogens with zero attached hydrogens (tertiary/aromatic N) is 2. The van der Waals surface area contributed by atoms with E-state index in [4.69, 9.17) is 0 Å². The van der Waals surface area contributed by atoms with Gasteiger partial charge in [-0.3, -0.25) is 9.59 Å². The van der Waals surface area contributed by atoms with Crippen LogP contribution in [0.5, 0.6) is 0 Å². The van der Waals surface area contributed by atoms with E-state index in [0.29, 0.717) is 18.8 Å². The Morgan fingerprint density at radius 1 is 1.06 bits per heavy atom. The highest BCUT2D eigenvalue weighted by atomic mass is 32.2. The normalized spacial score (nSPS) is 15.0. The van der Waals surface area contributed by atoms with Gasteiger partial charge in [-0.2, -0.15) is 13.2 Å². The fourth-order valence-electron chi connectivity index (χ4n) is 3.30. The van der Waals surface area contributed by atoms with Crippen LogP contribution in [0.3, 0.4) is 0 Å². The Hall–Kier alpha value is -2.59. The van der Waals surface area contributed by atoms with E-state index in [2.05, 4.69) is 10.2 Å². The molecule has 1 fully saturated rings. The predicted molar refractivity (Wildman–Crippen MR) is 117 cm³/mol. The van der Waals surface area contributed by atoms with Crippen molar-refractivity contribution in [2.45, 2.75) is 18.0 Å². The van der Waals surface area contributed by atoms with Crippen molar-refractivity contribution in [2.24, 2.45) is 0 Å². The van der Waals surface area contributed by atoms with Gasteiger partial charge in [-0.15, -0.1) is 11.8 Å². The number of rotatable bonds is 6. The van der Waals surface area contributed by atoms with Crippen molar-refractivity contribution in [3.8, 4) is 0 Å². The van der Waals surface area contributed by atoms with Crippen molar-refractivity contribution in [3.05, 3.63) is 53.3 Å². The van der Waals surface area contributed by atoms with Crippen LogP contribution >= 0.6 is 11.8 Å². The van der Waals surface area contributed by atoms with E-state index in [9.17, 15) is 27.2 Å². The summed E-state index contributed by atoms with van der Waals surface area (Å²) in [5.74, 6) is -1.93. The van der Waals surface area contributed by atoms with Crippen LogP contribution in [-0.2, 0) is 11.0 Å². The predicted octanol–water partition coefficient (Wildman–Crippen LogP) is 4.53. The number of carbonyl (C=O) groups is 2. The van der Waals surface area contributed by atoms with E-state index in [1.165, 1.54) is 25.1 Å². The van der Waals surface area contributed by atoms with Gasteiger partial charge in [0, 0.05) is 42.3 Å². The second-order valence-electron chi connectivity index (χ2n) is 7.56. The highest BCUT2D eigenvalue weighted by Gasteiger charge is 2.35. The quantitative estimate of drug-likeness (QED) is 0.383. The Kier molecular flexibility index (Phi) is 7.45. The second-order valence-corrected chi connectivity index (χ2v) is 8.57. The molecule has 1 saturated heterocycles. The van der Waals surface area contributed by atoms with Crippen molar-refractivity contribution < 1.29 is 27.2 Å². The molecule has 0 spiro atoms. The molecule has 2 aromatic rings. The lowest BCUT2D eigenvalue weighted by molar-refractivity contribution is -0.136. The molecule has 1 aliphatic heterocycles. The summed E-state index contributed by atoms with van der Waals surface area (Å²) in [4.78, 5) is 27.7. The van der Waals surface area contributed by atoms with Gasteiger partial charge in [0.2, 0.25) is 5.91 Å². The number of likely N-dealkylation sites (N-methyl/N-ethyl adjacent to an activating group) is 1. The zero-order chi connectivity index (χ0) is 23.5. The number of nitrogens with one attached hydrogen (secondary N) is 1. The Bertz CT molecular complexity index is 1010. The van der Waals surface area contributed by atoms with E-state index < -0.39 is 23.5 Å². The molecule has 0 aliphatic carbocycles. The summed E-state index contributed by atoms with van der Waals surface area (Å²) >= 11 is 0.842. The first-order valence-corrected chi connectivity index (χ1v) is 10.9. The zero-order valence-corrected chi connectivity index (χ0v) is 18.4. The van der Waals surface area contributed by atoms with Crippen molar-refractivity contribution >= 4 is 34.8 Å². The third-order valence-electron chi connectivity index (χ3n) is 5.15. The lowest BCUT2D eigenvalue weighted by atomic mass is 10.1. The lowest BCUT2D eigenvalue weighted by Gasteiger charge is -2.34. The fraction of sp³-hybridized carbons (Fsp3) is 0.364. The van der Waals surface area contributed by atoms with Gasteiger partial charge in [0.1, 0.15) is 5.82 Å². The van der Waals surface area contributed by atoms with Crippen LogP contribution in [0.2, 0.25) is 0 Å². The van der Waals surface area contributed by atoms with Gasteiger partial charge >= 0.3 is 6.18 Å². The molecule has 172 valence electrons. The average Bonchev–Trinajstić information content (AvgIpc) is 2.73. The molecule has 32 heavy (non-hydrogen) atoms. The van der Waals surface area contributed by atoms with Gasteiger partial charge < -0.3 is 15.1 Å². The maximum absolute atomic E-state index is 14.1. The van der Waals surface area contributed by atoms with Gasteiger partial charge in [-0.1, -0.05) is 6.07 Å². The number of benzene rings is 2. The number of amides is 1. The second kappa shape index (κ2) is 9.91. The number of alkyl halides is 3. The largest absolute Gasteiger partial charge is 0.418 e. The van der Waals surface area contributed by atoms with Crippen molar-refractivity contribution in [2.75, 3.05) is 49.2 Å². The van der Waals surface area contributed by atoms with Crippen LogP contribution in [-0.4, -0.2) is 55.6 Å². The number of hydrogen-bond donors (Lipinski definition) is 1. The molecule has 1 amide bonds. The van der Waals surface area contributed by atoms with E-state index in [-0.39, 0.29) is 27.7 Å². The van der Waals surface area contributed by atoms with Gasteiger partial charge in [0.05, 0.1) is 17.0 Å². The summed E-state index contributed by atoms with van der Waals surface area (Å²) in [6, 6.07) is 7.74. The molecule has 0 saturated carbocycles. The molecule has 0 bridgehead atoms. The fourth-order valence-corrected chi connectivity index (χ4v) is 4.02. The molecule has 1 heterocycles. The van der Waals surface area contributed by atoms with Crippen LogP contribution in [0.1, 0.15) is 22.8 Å². The van der Waals surface area contributed by atoms with Crippen LogP contribution in [0.4, 0.5) is 28.9 Å². The molecular weight excluding hydrogens is 446 g/mol. The van der Waals surface area contributed by atoms with Crippen LogP contribution in [0, 0.1) is 5.82 Å². The van der Waals surface area contributed by atoms with E-state index >= 15 is 0 Å². The third-order valence-corrected chi connectivity index (χ3v) is 6.20. The number of hydrogen-bond acceptors (Lipinski definition) is 5. The Morgan fingerprint density at radius 3 is 2.34 bits per heavy atom. The molecule has 0 atom stereocenters. The highest BCUT2D eigenvalue weighted by molar-refractivity contribution is 8.00. The van der Waals surface area contributed by atoms with Crippen molar-refractivity contribution in [1.82, 2.24) is 4.90 Å². The molecule has 1 N–H and O–H groups in total. The minimum atomic E-state index is -4.65. The van der Waals surface area contributed by atoms with E-state index in [0.717, 1.165) is 37.0 Å². The lowest BCUT2D eigenvalue weighted by Crippen LogP contribution is -2.44. The topological polar surface area (TPSA) is 52.7 Å².